The van der Waals surface area contributed by atoms with Gasteiger partial charge in [-0.2, -0.15) is 0 Å². The van der Waals surface area contributed by atoms with Crippen molar-refractivity contribution in [2.45, 2.75) is 20.1 Å². The molecule has 2 N–H and O–H groups in total. The summed E-state index contributed by atoms with van der Waals surface area (Å²) in [5.41, 5.74) is 3.01. The van der Waals surface area contributed by atoms with Crippen LogP contribution in [0.5, 0.6) is 11.5 Å². The van der Waals surface area contributed by atoms with Crippen LogP contribution in [0.2, 0.25) is 0 Å². The molecule has 4 rings (SSSR count). The molecule has 4 aromatic rings. The molecule has 0 aliphatic carbocycles. The average Bonchev–Trinajstić information content (AvgIpc) is 3.37. The minimum atomic E-state index is -0.403. The molecule has 178 valence electrons. The first kappa shape index (κ1) is 23.9. The summed E-state index contributed by atoms with van der Waals surface area (Å²) in [5.74, 6) is 0.826. The maximum Gasteiger partial charge on any atom is 0.286 e. The summed E-state index contributed by atoms with van der Waals surface area (Å²) < 4.78 is 10.8. The number of anilines is 1. The number of aryl methyl sites for hydroxylation is 1. The number of nitrogens with zero attached hydrogens (tertiary/aromatic N) is 2. The van der Waals surface area contributed by atoms with Gasteiger partial charge in [-0.3, -0.25) is 9.59 Å². The second-order valence-electron chi connectivity index (χ2n) is 7.67. The molecule has 0 atom stereocenters. The molecule has 1 aromatic heterocycles. The Kier molecular flexibility index (Phi) is 7.69. The van der Waals surface area contributed by atoms with Gasteiger partial charge in [0.25, 0.3) is 11.8 Å². The number of amides is 2. The van der Waals surface area contributed by atoms with Crippen molar-refractivity contribution in [2.75, 3.05) is 12.4 Å². The van der Waals surface area contributed by atoms with E-state index in [2.05, 4.69) is 20.8 Å². The highest BCUT2D eigenvalue weighted by Gasteiger charge is 2.15. The topological polar surface area (TPSA) is 102 Å². The van der Waals surface area contributed by atoms with Crippen molar-refractivity contribution in [3.63, 3.8) is 0 Å². The predicted octanol–water partition coefficient (Wildman–Crippen LogP) is 4.62. The second kappa shape index (κ2) is 11.3. The fourth-order valence-electron chi connectivity index (χ4n) is 3.13. The van der Waals surface area contributed by atoms with E-state index in [0.717, 1.165) is 34.0 Å². The van der Waals surface area contributed by atoms with Gasteiger partial charge in [-0.15, -0.1) is 10.2 Å². The molecule has 2 amide bonds. The lowest BCUT2D eigenvalue weighted by Crippen LogP contribution is -2.23. The second-order valence-corrected chi connectivity index (χ2v) is 8.73. The highest BCUT2D eigenvalue weighted by Crippen LogP contribution is 2.18. The standard InChI is InChI=1S/C26H24N4O4S/c1-17-6-10-22(11-7-17)34-16-23-29-30-26(35-23)25(32)28-20-5-3-4-19(14-20)24(31)27-15-18-8-12-21(33-2)13-9-18/h3-14H,15-16H2,1-2H3,(H,27,31)(H,28,32). The fourth-order valence-corrected chi connectivity index (χ4v) is 3.78. The number of carbonyl (C=O) groups is 2. The van der Waals surface area contributed by atoms with Crippen molar-refractivity contribution < 1.29 is 19.1 Å². The smallest absolute Gasteiger partial charge is 0.286 e. The zero-order chi connectivity index (χ0) is 24.6. The minimum Gasteiger partial charge on any atom is -0.497 e. The van der Waals surface area contributed by atoms with Gasteiger partial charge in [0.2, 0.25) is 5.01 Å². The number of hydrogen-bond acceptors (Lipinski definition) is 7. The van der Waals surface area contributed by atoms with Gasteiger partial charge in [0.05, 0.1) is 7.11 Å². The van der Waals surface area contributed by atoms with E-state index in [-0.39, 0.29) is 17.5 Å². The molecular weight excluding hydrogens is 464 g/mol. The van der Waals surface area contributed by atoms with E-state index in [1.165, 1.54) is 0 Å². The van der Waals surface area contributed by atoms with Crippen LogP contribution >= 0.6 is 11.3 Å². The normalized spacial score (nSPS) is 10.5. The van der Waals surface area contributed by atoms with Gasteiger partial charge in [0.1, 0.15) is 18.1 Å². The van der Waals surface area contributed by atoms with E-state index in [4.69, 9.17) is 9.47 Å². The van der Waals surface area contributed by atoms with Crippen LogP contribution in [-0.4, -0.2) is 29.1 Å². The molecular formula is C26H24N4O4S. The maximum absolute atomic E-state index is 12.6. The van der Waals surface area contributed by atoms with Gasteiger partial charge < -0.3 is 20.1 Å². The summed E-state index contributed by atoms with van der Waals surface area (Å²) in [6.45, 7) is 2.60. The molecule has 0 saturated heterocycles. The highest BCUT2D eigenvalue weighted by molar-refractivity contribution is 7.13. The van der Waals surface area contributed by atoms with Crippen molar-refractivity contribution >= 4 is 28.8 Å². The van der Waals surface area contributed by atoms with Crippen LogP contribution in [0.25, 0.3) is 0 Å². The number of rotatable bonds is 9. The molecule has 9 heteroatoms. The van der Waals surface area contributed by atoms with Crippen LogP contribution in [0.1, 0.15) is 36.3 Å². The average molecular weight is 489 g/mol. The van der Waals surface area contributed by atoms with E-state index in [9.17, 15) is 9.59 Å². The highest BCUT2D eigenvalue weighted by atomic mass is 32.1. The van der Waals surface area contributed by atoms with E-state index < -0.39 is 5.91 Å². The van der Waals surface area contributed by atoms with Crippen LogP contribution in [0.15, 0.2) is 72.8 Å². The molecule has 0 radical (unpaired) electrons. The Bertz CT molecular complexity index is 1300. The third-order valence-corrected chi connectivity index (χ3v) is 5.93. The Morgan fingerprint density at radius 3 is 2.40 bits per heavy atom. The number of hydrogen-bond donors (Lipinski definition) is 2. The Morgan fingerprint density at radius 2 is 1.66 bits per heavy atom. The lowest BCUT2D eigenvalue weighted by atomic mass is 10.1. The molecule has 0 unspecified atom stereocenters. The van der Waals surface area contributed by atoms with Crippen molar-refractivity contribution in [1.29, 1.82) is 0 Å². The number of methoxy groups -OCH3 is 1. The SMILES string of the molecule is COc1ccc(CNC(=O)c2cccc(NC(=O)c3nnc(COc4ccc(C)cc4)s3)c2)cc1. The van der Waals surface area contributed by atoms with Crippen LogP contribution in [0.3, 0.4) is 0 Å². The van der Waals surface area contributed by atoms with Crippen molar-refractivity contribution in [3.05, 3.63) is 99.5 Å². The van der Waals surface area contributed by atoms with Crippen LogP contribution in [0.4, 0.5) is 5.69 Å². The summed E-state index contributed by atoms with van der Waals surface area (Å²) in [6, 6.07) is 21.8. The zero-order valence-corrected chi connectivity index (χ0v) is 20.1. The molecule has 0 aliphatic heterocycles. The Balaban J connectivity index is 1.31. The molecule has 8 nitrogen and oxygen atoms in total. The van der Waals surface area contributed by atoms with Crippen molar-refractivity contribution in [1.82, 2.24) is 15.5 Å². The van der Waals surface area contributed by atoms with Crippen molar-refractivity contribution in [2.24, 2.45) is 0 Å². The summed E-state index contributed by atoms with van der Waals surface area (Å²) in [6.07, 6.45) is 0. The van der Waals surface area contributed by atoms with Crippen molar-refractivity contribution in [3.8, 4) is 11.5 Å². The fraction of sp³-hybridized carbons (Fsp3) is 0.154. The minimum absolute atomic E-state index is 0.210. The van der Waals surface area contributed by atoms with Gasteiger partial charge in [0.15, 0.2) is 5.01 Å². The van der Waals surface area contributed by atoms with E-state index in [1.54, 1.807) is 31.4 Å². The quantitative estimate of drug-likeness (QED) is 0.357. The van der Waals surface area contributed by atoms with Gasteiger partial charge >= 0.3 is 0 Å². The molecule has 3 aromatic carbocycles. The zero-order valence-electron chi connectivity index (χ0n) is 19.3. The summed E-state index contributed by atoms with van der Waals surface area (Å²) >= 11 is 1.15. The largest absolute Gasteiger partial charge is 0.497 e. The molecule has 0 fully saturated rings. The van der Waals surface area contributed by atoms with Gasteiger partial charge in [0, 0.05) is 17.8 Å². The van der Waals surface area contributed by atoms with Crippen LogP contribution in [0, 0.1) is 6.92 Å². The Morgan fingerprint density at radius 1 is 0.914 bits per heavy atom. The summed E-state index contributed by atoms with van der Waals surface area (Å²) in [7, 11) is 1.60. The molecule has 0 spiro atoms. The van der Waals surface area contributed by atoms with E-state index in [0.29, 0.717) is 22.8 Å². The first-order chi connectivity index (χ1) is 17.0. The van der Waals surface area contributed by atoms with E-state index >= 15 is 0 Å². The Hall–Kier alpha value is -4.24. The first-order valence-electron chi connectivity index (χ1n) is 10.8. The molecule has 35 heavy (non-hydrogen) atoms. The van der Waals surface area contributed by atoms with Crippen LogP contribution in [-0.2, 0) is 13.2 Å². The van der Waals surface area contributed by atoms with Crippen LogP contribution < -0.4 is 20.1 Å². The maximum atomic E-state index is 12.6. The molecule has 0 bridgehead atoms. The third kappa shape index (κ3) is 6.64. The number of ether oxygens (including phenoxy) is 2. The lowest BCUT2D eigenvalue weighted by Gasteiger charge is -2.08. The summed E-state index contributed by atoms with van der Waals surface area (Å²) in [5, 5.41) is 14.4. The van der Waals surface area contributed by atoms with E-state index in [1.807, 2.05) is 55.5 Å². The Labute approximate surface area is 206 Å². The molecule has 0 aliphatic rings. The third-order valence-electron chi connectivity index (χ3n) is 5.04. The summed E-state index contributed by atoms with van der Waals surface area (Å²) in [4.78, 5) is 25.2. The number of aromatic nitrogens is 2. The number of carbonyl (C=O) groups excluding carboxylic acids is 2. The first-order valence-corrected chi connectivity index (χ1v) is 11.7. The van der Waals surface area contributed by atoms with Gasteiger partial charge in [-0.05, 0) is 55.0 Å². The predicted molar refractivity (Wildman–Crippen MR) is 134 cm³/mol. The van der Waals surface area contributed by atoms with Gasteiger partial charge in [-0.25, -0.2) is 0 Å². The number of nitrogens with one attached hydrogen (secondary N) is 2. The molecule has 0 saturated carbocycles. The van der Waals surface area contributed by atoms with Gasteiger partial charge in [-0.1, -0.05) is 47.2 Å². The number of benzene rings is 3. The molecule has 1 heterocycles. The lowest BCUT2D eigenvalue weighted by molar-refractivity contribution is 0.0949. The monoisotopic (exact) mass is 488 g/mol.